The molecule has 0 amide bonds. The summed E-state index contributed by atoms with van der Waals surface area (Å²) >= 11 is 0. The molecule has 1 aromatic heterocycles. The minimum atomic E-state index is 0.0188. The topological polar surface area (TPSA) is 8.81 Å². The second-order valence-corrected chi connectivity index (χ2v) is 11.0. The number of unbranched alkanes of at least 4 members (excludes halogenated alkanes) is 9. The Bertz CT molecular complexity index is 946. The lowest BCUT2D eigenvalue weighted by Gasteiger charge is -2.37. The van der Waals surface area contributed by atoms with E-state index in [2.05, 4.69) is 109 Å². The first kappa shape index (κ1) is 28.2. The SMILES string of the molecule is CCCCCCCCCCCCC(n1cc[n+](CCC)c1)C(C)(Cc1ccccc1)c1ccccc1. The van der Waals surface area contributed by atoms with Gasteiger partial charge < -0.3 is 0 Å². The van der Waals surface area contributed by atoms with Crippen LogP contribution in [0.2, 0.25) is 0 Å². The van der Waals surface area contributed by atoms with Crippen LogP contribution in [-0.2, 0) is 18.4 Å². The summed E-state index contributed by atoms with van der Waals surface area (Å²) in [5.74, 6) is 0. The number of hydrogen-bond acceptors (Lipinski definition) is 0. The highest BCUT2D eigenvalue weighted by Gasteiger charge is 2.40. The second kappa shape index (κ2) is 15.7. The van der Waals surface area contributed by atoms with E-state index >= 15 is 0 Å². The average molecular weight is 488 g/mol. The van der Waals surface area contributed by atoms with Gasteiger partial charge in [0.25, 0.3) is 0 Å². The summed E-state index contributed by atoms with van der Waals surface area (Å²) in [6, 6.07) is 22.8. The second-order valence-electron chi connectivity index (χ2n) is 11.0. The fraction of sp³-hybridized carbons (Fsp3) is 0.559. The van der Waals surface area contributed by atoms with E-state index in [9.17, 15) is 0 Å². The van der Waals surface area contributed by atoms with E-state index in [1.807, 2.05) is 0 Å². The molecule has 3 aromatic rings. The zero-order valence-electron chi connectivity index (χ0n) is 23.4. The first-order chi connectivity index (χ1) is 17.7. The normalized spacial score (nSPS) is 14.0. The van der Waals surface area contributed by atoms with E-state index in [0.29, 0.717) is 6.04 Å². The van der Waals surface area contributed by atoms with E-state index in [4.69, 9.17) is 0 Å². The molecule has 0 aliphatic heterocycles. The first-order valence-corrected chi connectivity index (χ1v) is 14.8. The van der Waals surface area contributed by atoms with Crippen molar-refractivity contribution >= 4 is 0 Å². The lowest BCUT2D eigenvalue weighted by molar-refractivity contribution is -0.696. The standard InChI is InChI=1S/C34H51N2/c1-4-6-7-8-9-10-11-12-13-20-25-33(36-28-27-35(30-36)26-5-2)34(3,32-23-18-15-19-24-32)29-31-21-16-14-17-22-31/h14-19,21-24,27-28,30,33H,4-13,20,25-26,29H2,1-3H3/q+1. The smallest absolute Gasteiger partial charge is 0.237 e. The van der Waals surface area contributed by atoms with Crippen LogP contribution in [-0.4, -0.2) is 4.57 Å². The summed E-state index contributed by atoms with van der Waals surface area (Å²) in [4.78, 5) is 0. The van der Waals surface area contributed by atoms with Gasteiger partial charge in [0.1, 0.15) is 18.4 Å². The molecule has 2 heteroatoms. The molecule has 0 saturated heterocycles. The number of benzene rings is 2. The molecule has 2 aromatic carbocycles. The Labute approximate surface area is 221 Å². The zero-order chi connectivity index (χ0) is 25.5. The molecule has 2 nitrogen and oxygen atoms in total. The quantitative estimate of drug-likeness (QED) is 0.125. The average Bonchev–Trinajstić information content (AvgIpc) is 3.36. The Morgan fingerprint density at radius 3 is 1.92 bits per heavy atom. The van der Waals surface area contributed by atoms with Crippen LogP contribution in [0.25, 0.3) is 0 Å². The molecule has 0 radical (unpaired) electrons. The molecule has 0 bridgehead atoms. The number of rotatable bonds is 18. The van der Waals surface area contributed by atoms with Gasteiger partial charge in [0.05, 0.1) is 6.54 Å². The van der Waals surface area contributed by atoms with Crippen LogP contribution < -0.4 is 4.57 Å². The molecule has 0 N–H and O–H groups in total. The molecule has 0 aliphatic carbocycles. The van der Waals surface area contributed by atoms with Crippen molar-refractivity contribution in [1.82, 2.24) is 4.57 Å². The third kappa shape index (κ3) is 8.64. The highest BCUT2D eigenvalue weighted by Crippen LogP contribution is 2.41. The molecule has 1 heterocycles. The zero-order valence-corrected chi connectivity index (χ0v) is 23.4. The van der Waals surface area contributed by atoms with Gasteiger partial charge >= 0.3 is 0 Å². The highest BCUT2D eigenvalue weighted by molar-refractivity contribution is 5.30. The van der Waals surface area contributed by atoms with Gasteiger partial charge in [-0.1, -0.05) is 139 Å². The van der Waals surface area contributed by atoms with Crippen LogP contribution >= 0.6 is 0 Å². The minimum absolute atomic E-state index is 0.0188. The number of hydrogen-bond donors (Lipinski definition) is 0. The lowest BCUT2D eigenvalue weighted by atomic mass is 9.70. The molecule has 2 unspecified atom stereocenters. The van der Waals surface area contributed by atoms with Crippen molar-refractivity contribution in [3.05, 3.63) is 90.5 Å². The maximum atomic E-state index is 2.53. The Hall–Kier alpha value is -2.35. The Kier molecular flexibility index (Phi) is 12.3. The Morgan fingerprint density at radius 1 is 0.722 bits per heavy atom. The monoisotopic (exact) mass is 487 g/mol. The minimum Gasteiger partial charge on any atom is -0.237 e. The van der Waals surface area contributed by atoms with E-state index < -0.39 is 0 Å². The number of aryl methyl sites for hydroxylation is 1. The molecule has 196 valence electrons. The van der Waals surface area contributed by atoms with Crippen molar-refractivity contribution in [2.45, 2.75) is 122 Å². The molecule has 0 aliphatic rings. The fourth-order valence-electron chi connectivity index (χ4n) is 5.86. The van der Waals surface area contributed by atoms with Crippen LogP contribution in [0.1, 0.15) is 115 Å². The van der Waals surface area contributed by atoms with Gasteiger partial charge in [0, 0.05) is 5.41 Å². The van der Waals surface area contributed by atoms with Gasteiger partial charge in [-0.3, -0.25) is 0 Å². The van der Waals surface area contributed by atoms with Gasteiger partial charge in [0.2, 0.25) is 6.33 Å². The third-order valence-electron chi connectivity index (χ3n) is 7.97. The number of imidazole rings is 1. The van der Waals surface area contributed by atoms with Crippen LogP contribution in [0.5, 0.6) is 0 Å². The van der Waals surface area contributed by atoms with Gasteiger partial charge in [0.15, 0.2) is 0 Å². The predicted octanol–water partition coefficient (Wildman–Crippen LogP) is 9.24. The maximum Gasteiger partial charge on any atom is 0.244 e. The summed E-state index contributed by atoms with van der Waals surface area (Å²) in [5, 5.41) is 0. The maximum absolute atomic E-state index is 2.53. The summed E-state index contributed by atoms with van der Waals surface area (Å²) in [5.41, 5.74) is 2.89. The molecule has 2 atom stereocenters. The van der Waals surface area contributed by atoms with Crippen LogP contribution in [0.4, 0.5) is 0 Å². The van der Waals surface area contributed by atoms with E-state index in [0.717, 1.165) is 19.4 Å². The van der Waals surface area contributed by atoms with Crippen molar-refractivity contribution < 1.29 is 4.57 Å². The van der Waals surface area contributed by atoms with Gasteiger partial charge in [-0.2, -0.15) is 0 Å². The van der Waals surface area contributed by atoms with Crippen molar-refractivity contribution in [3.63, 3.8) is 0 Å². The lowest BCUT2D eigenvalue weighted by Crippen LogP contribution is -2.38. The predicted molar refractivity (Wildman–Crippen MR) is 154 cm³/mol. The van der Waals surface area contributed by atoms with Gasteiger partial charge in [-0.25, -0.2) is 9.13 Å². The Balaban J connectivity index is 1.73. The molecule has 0 saturated carbocycles. The van der Waals surface area contributed by atoms with Crippen LogP contribution in [0.15, 0.2) is 79.4 Å². The molecular formula is C34H51N2+. The summed E-state index contributed by atoms with van der Waals surface area (Å²) < 4.78 is 4.89. The van der Waals surface area contributed by atoms with Gasteiger partial charge in [-0.15, -0.1) is 0 Å². The van der Waals surface area contributed by atoms with Crippen molar-refractivity contribution in [3.8, 4) is 0 Å². The van der Waals surface area contributed by atoms with Crippen molar-refractivity contribution in [1.29, 1.82) is 0 Å². The highest BCUT2D eigenvalue weighted by atomic mass is 15.1. The van der Waals surface area contributed by atoms with Crippen molar-refractivity contribution in [2.24, 2.45) is 0 Å². The van der Waals surface area contributed by atoms with E-state index in [1.165, 1.54) is 81.8 Å². The van der Waals surface area contributed by atoms with Gasteiger partial charge in [-0.05, 0) is 36.8 Å². The van der Waals surface area contributed by atoms with Crippen molar-refractivity contribution in [2.75, 3.05) is 0 Å². The van der Waals surface area contributed by atoms with E-state index in [1.54, 1.807) is 0 Å². The number of aromatic nitrogens is 2. The third-order valence-corrected chi connectivity index (χ3v) is 7.97. The fourth-order valence-corrected chi connectivity index (χ4v) is 5.86. The van der Waals surface area contributed by atoms with Crippen LogP contribution in [0.3, 0.4) is 0 Å². The number of nitrogens with zero attached hydrogens (tertiary/aromatic N) is 2. The largest absolute Gasteiger partial charge is 0.244 e. The molecular weight excluding hydrogens is 436 g/mol. The molecule has 0 spiro atoms. The Morgan fingerprint density at radius 2 is 1.31 bits per heavy atom. The van der Waals surface area contributed by atoms with E-state index in [-0.39, 0.29) is 5.41 Å². The summed E-state index contributed by atoms with van der Waals surface area (Å²) in [6.45, 7) is 8.14. The first-order valence-electron chi connectivity index (χ1n) is 14.8. The molecule has 3 rings (SSSR count). The summed E-state index contributed by atoms with van der Waals surface area (Å²) in [6.07, 6.45) is 24.2. The summed E-state index contributed by atoms with van der Waals surface area (Å²) in [7, 11) is 0. The molecule has 36 heavy (non-hydrogen) atoms. The van der Waals surface area contributed by atoms with Crippen LogP contribution in [0, 0.1) is 0 Å². The molecule has 0 fully saturated rings.